The van der Waals surface area contributed by atoms with Crippen molar-refractivity contribution >= 4 is 57.4 Å². The molecule has 1 aromatic carbocycles. The molecule has 71 valence electrons. The van der Waals surface area contributed by atoms with Gasteiger partial charge in [0, 0.05) is 51.4 Å². The molecule has 3 heteroatoms. The van der Waals surface area contributed by atoms with E-state index < -0.39 is 5.97 Å². The Hall–Kier alpha value is 0.326. The molecule has 1 N–H and O–H groups in total. The quantitative estimate of drug-likeness (QED) is 0.787. The molecule has 0 fully saturated rings. The normalized spacial score (nSPS) is 9.64. The summed E-state index contributed by atoms with van der Waals surface area (Å²) in [5, 5.41) is 8.55. The Morgan fingerprint density at radius 2 is 1.79 bits per heavy atom. The van der Waals surface area contributed by atoms with E-state index in [4.69, 9.17) is 5.11 Å². The summed E-state index contributed by atoms with van der Waals surface area (Å²) in [5.74, 6) is -0.281. The van der Waals surface area contributed by atoms with Gasteiger partial charge in [0.15, 0.2) is 0 Å². The van der Waals surface area contributed by atoms with Crippen LogP contribution in [0.2, 0.25) is 0 Å². The first-order valence-electron chi connectivity index (χ1n) is 4.40. The zero-order chi connectivity index (χ0) is 9.84. The minimum absolute atomic E-state index is 0. The maximum Gasteiger partial charge on any atom is 0.307 e. The van der Waals surface area contributed by atoms with Crippen LogP contribution < -0.4 is 0 Å². The van der Waals surface area contributed by atoms with Gasteiger partial charge in [-0.2, -0.15) is 0 Å². The Morgan fingerprint density at radius 3 is 2.14 bits per heavy atom. The molecule has 0 aliphatic rings. The standard InChI is InChI=1S/C11H14O2.K/c1-8(2)10-5-3-9(4-6-10)7-11(12)13;/h3-6,8H,7H2,1-2H3,(H,12,13);. The van der Waals surface area contributed by atoms with Crippen molar-refractivity contribution in [3.05, 3.63) is 35.4 Å². The summed E-state index contributed by atoms with van der Waals surface area (Å²) in [7, 11) is 0. The number of rotatable bonds is 3. The molecule has 0 bridgehead atoms. The van der Waals surface area contributed by atoms with Gasteiger partial charge in [-0.25, -0.2) is 0 Å². The van der Waals surface area contributed by atoms with Gasteiger partial charge in [0.2, 0.25) is 0 Å². The van der Waals surface area contributed by atoms with E-state index in [0.29, 0.717) is 5.92 Å². The molecular weight excluding hydrogens is 203 g/mol. The third-order valence-electron chi connectivity index (χ3n) is 2.00. The van der Waals surface area contributed by atoms with Crippen LogP contribution in [0.4, 0.5) is 0 Å². The van der Waals surface area contributed by atoms with Gasteiger partial charge in [-0.3, -0.25) is 4.79 Å². The summed E-state index contributed by atoms with van der Waals surface area (Å²) in [4.78, 5) is 10.4. The first-order valence-corrected chi connectivity index (χ1v) is 4.40. The van der Waals surface area contributed by atoms with Gasteiger partial charge in [0.1, 0.15) is 0 Å². The summed E-state index contributed by atoms with van der Waals surface area (Å²) in [6, 6.07) is 7.73. The molecule has 1 aromatic rings. The van der Waals surface area contributed by atoms with Crippen LogP contribution in [0.15, 0.2) is 24.3 Å². The van der Waals surface area contributed by atoms with E-state index in [1.54, 1.807) is 0 Å². The second-order valence-corrected chi connectivity index (χ2v) is 3.47. The fourth-order valence-electron chi connectivity index (χ4n) is 1.20. The maximum atomic E-state index is 10.4. The van der Waals surface area contributed by atoms with Gasteiger partial charge in [0.25, 0.3) is 0 Å². The van der Waals surface area contributed by atoms with Crippen molar-refractivity contribution in [3.63, 3.8) is 0 Å². The Kier molecular flexibility index (Phi) is 6.90. The van der Waals surface area contributed by atoms with Crippen LogP contribution in [0.25, 0.3) is 0 Å². The second-order valence-electron chi connectivity index (χ2n) is 3.47. The van der Waals surface area contributed by atoms with Gasteiger partial charge in [-0.1, -0.05) is 38.1 Å². The predicted molar refractivity (Wildman–Crippen MR) is 57.6 cm³/mol. The van der Waals surface area contributed by atoms with Gasteiger partial charge in [0.05, 0.1) is 6.42 Å². The molecule has 0 spiro atoms. The van der Waals surface area contributed by atoms with E-state index in [1.807, 2.05) is 24.3 Å². The SMILES string of the molecule is CC(C)c1ccc(CC(=O)O)cc1.[K]. The van der Waals surface area contributed by atoms with E-state index >= 15 is 0 Å². The summed E-state index contributed by atoms with van der Waals surface area (Å²) >= 11 is 0. The minimum atomic E-state index is -0.780. The number of aliphatic carboxylic acids is 1. The van der Waals surface area contributed by atoms with Crippen LogP contribution in [-0.2, 0) is 11.2 Å². The molecule has 1 rings (SSSR count). The first kappa shape index (κ1) is 14.3. The smallest absolute Gasteiger partial charge is 0.307 e. The van der Waals surface area contributed by atoms with Gasteiger partial charge in [-0.05, 0) is 17.0 Å². The molecule has 1 radical (unpaired) electrons. The number of carboxylic acid groups (broad SMARTS) is 1. The van der Waals surface area contributed by atoms with E-state index in [1.165, 1.54) is 5.56 Å². The predicted octanol–water partition coefficient (Wildman–Crippen LogP) is 2.06. The van der Waals surface area contributed by atoms with Gasteiger partial charge in [-0.15, -0.1) is 0 Å². The molecule has 0 aliphatic carbocycles. The molecule has 14 heavy (non-hydrogen) atoms. The average molecular weight is 217 g/mol. The third kappa shape index (κ3) is 4.71. The van der Waals surface area contributed by atoms with Crippen molar-refractivity contribution < 1.29 is 9.90 Å². The molecule has 0 aromatic heterocycles. The molecule has 0 saturated carbocycles. The van der Waals surface area contributed by atoms with Crippen molar-refractivity contribution in [2.24, 2.45) is 0 Å². The molecule has 0 amide bonds. The van der Waals surface area contributed by atoms with Crippen LogP contribution in [-0.4, -0.2) is 62.5 Å². The van der Waals surface area contributed by atoms with Crippen molar-refractivity contribution in [1.82, 2.24) is 0 Å². The number of hydrogen-bond donors (Lipinski definition) is 1. The molecule has 0 saturated heterocycles. The molecular formula is C11H14KO2. The van der Waals surface area contributed by atoms with E-state index in [2.05, 4.69) is 13.8 Å². The van der Waals surface area contributed by atoms with Crippen molar-refractivity contribution in [2.45, 2.75) is 26.2 Å². The minimum Gasteiger partial charge on any atom is -0.481 e. The van der Waals surface area contributed by atoms with Crippen molar-refractivity contribution in [1.29, 1.82) is 0 Å². The Bertz CT molecular complexity index is 291. The summed E-state index contributed by atoms with van der Waals surface area (Å²) in [6.45, 7) is 4.23. The molecule has 0 unspecified atom stereocenters. The Labute approximate surface area is 127 Å². The van der Waals surface area contributed by atoms with Crippen LogP contribution in [0, 0.1) is 0 Å². The zero-order valence-corrected chi connectivity index (χ0v) is 12.1. The summed E-state index contributed by atoms with van der Waals surface area (Å²) < 4.78 is 0. The van der Waals surface area contributed by atoms with Crippen LogP contribution in [0.1, 0.15) is 30.9 Å². The van der Waals surface area contributed by atoms with Crippen molar-refractivity contribution in [3.8, 4) is 0 Å². The number of benzene rings is 1. The molecule has 0 heterocycles. The topological polar surface area (TPSA) is 37.3 Å². The second kappa shape index (κ2) is 6.74. The van der Waals surface area contributed by atoms with Crippen LogP contribution in [0.3, 0.4) is 0 Å². The molecule has 0 aliphatic heterocycles. The Balaban J connectivity index is 0.00000169. The fraction of sp³-hybridized carbons (Fsp3) is 0.364. The first-order chi connectivity index (χ1) is 6.09. The van der Waals surface area contributed by atoms with E-state index in [9.17, 15) is 4.79 Å². The fourth-order valence-corrected chi connectivity index (χ4v) is 1.20. The summed E-state index contributed by atoms with van der Waals surface area (Å²) in [6.07, 6.45) is 0.109. The van der Waals surface area contributed by atoms with Gasteiger partial charge >= 0.3 is 5.97 Å². The number of carbonyl (C=O) groups is 1. The zero-order valence-electron chi connectivity index (χ0n) is 8.95. The van der Waals surface area contributed by atoms with Crippen molar-refractivity contribution in [2.75, 3.05) is 0 Å². The number of carboxylic acids is 1. The van der Waals surface area contributed by atoms with Crippen LogP contribution in [0.5, 0.6) is 0 Å². The summed E-state index contributed by atoms with van der Waals surface area (Å²) in [5.41, 5.74) is 2.10. The maximum absolute atomic E-state index is 10.4. The molecule has 2 nitrogen and oxygen atoms in total. The Morgan fingerprint density at radius 1 is 1.29 bits per heavy atom. The van der Waals surface area contributed by atoms with E-state index in [0.717, 1.165) is 5.56 Å². The molecule has 0 atom stereocenters. The van der Waals surface area contributed by atoms with Gasteiger partial charge < -0.3 is 5.11 Å². The van der Waals surface area contributed by atoms with Crippen LogP contribution >= 0.6 is 0 Å². The average Bonchev–Trinajstić information content (AvgIpc) is 2.04. The largest absolute Gasteiger partial charge is 0.481 e. The monoisotopic (exact) mass is 217 g/mol. The third-order valence-corrected chi connectivity index (χ3v) is 2.00. The van der Waals surface area contributed by atoms with E-state index in [-0.39, 0.29) is 57.8 Å². The number of hydrogen-bond acceptors (Lipinski definition) is 1.